The molecule has 11 nitrogen and oxygen atoms in total. The van der Waals surface area contributed by atoms with Gasteiger partial charge in [0.15, 0.2) is 0 Å². The molecule has 0 aliphatic heterocycles. The Labute approximate surface area is 83.3 Å². The van der Waals surface area contributed by atoms with Crippen molar-refractivity contribution in [2.45, 2.75) is 0 Å². The molecule has 0 aliphatic rings. The fourth-order valence-electron chi connectivity index (χ4n) is 0.597. The highest BCUT2D eigenvalue weighted by Crippen LogP contribution is 1.97. The molecule has 0 saturated heterocycles. The van der Waals surface area contributed by atoms with E-state index in [1.807, 2.05) is 0 Å². The summed E-state index contributed by atoms with van der Waals surface area (Å²) in [6.07, 6.45) is 0. The lowest BCUT2D eigenvalue weighted by atomic mass is 10.9. The number of hydrogen-bond donors (Lipinski definition) is 5. The van der Waals surface area contributed by atoms with Gasteiger partial charge in [-0.1, -0.05) is 5.10 Å². The van der Waals surface area contributed by atoms with Crippen molar-refractivity contribution in [3.05, 3.63) is 0 Å². The highest BCUT2D eigenvalue weighted by molar-refractivity contribution is 5.33. The maximum absolute atomic E-state index is 5.14. The van der Waals surface area contributed by atoms with Gasteiger partial charge in [-0.15, -0.1) is 5.10 Å². The third-order valence-electron chi connectivity index (χ3n) is 1.05. The number of aromatic amines is 1. The Morgan fingerprint density at radius 3 is 1.40 bits per heavy atom. The van der Waals surface area contributed by atoms with Gasteiger partial charge in [0, 0.05) is 0 Å². The van der Waals surface area contributed by atoms with Crippen LogP contribution < -0.4 is 22.9 Å². The van der Waals surface area contributed by atoms with Crippen molar-refractivity contribution in [2.75, 3.05) is 22.9 Å². The minimum atomic E-state index is 0.0417. The van der Waals surface area contributed by atoms with E-state index in [2.05, 4.69) is 35.6 Å². The molecule has 2 aromatic rings. The molecular weight excluding hydrogens is 202 g/mol. The molecule has 0 bridgehead atoms. The average Bonchev–Trinajstić information content (AvgIpc) is 2.54. The van der Waals surface area contributed by atoms with Gasteiger partial charge < -0.3 is 22.9 Å². The van der Waals surface area contributed by atoms with Crippen molar-refractivity contribution in [1.29, 1.82) is 0 Å². The molecule has 0 fully saturated rings. The zero-order valence-corrected chi connectivity index (χ0v) is 7.49. The summed E-state index contributed by atoms with van der Waals surface area (Å²) in [6.45, 7) is 0. The first-order valence-electron chi connectivity index (χ1n) is 3.59. The second kappa shape index (κ2) is 4.50. The van der Waals surface area contributed by atoms with Crippen molar-refractivity contribution in [2.24, 2.45) is 0 Å². The molecule has 2 heterocycles. The third-order valence-corrected chi connectivity index (χ3v) is 1.05. The summed E-state index contributed by atoms with van der Waals surface area (Å²) in [6, 6.07) is 0. The normalized spacial score (nSPS) is 9.07. The number of aromatic nitrogens is 7. The Kier molecular flexibility index (Phi) is 3.11. The van der Waals surface area contributed by atoms with Crippen molar-refractivity contribution >= 4 is 23.8 Å². The summed E-state index contributed by atoms with van der Waals surface area (Å²) in [5, 5.41) is 12.0. The summed E-state index contributed by atoms with van der Waals surface area (Å²) in [7, 11) is 0. The van der Waals surface area contributed by atoms with Crippen molar-refractivity contribution < 1.29 is 0 Å². The van der Waals surface area contributed by atoms with Crippen molar-refractivity contribution in [3.63, 3.8) is 0 Å². The molecule has 0 radical (unpaired) electrons. The van der Waals surface area contributed by atoms with E-state index in [0.29, 0.717) is 0 Å². The van der Waals surface area contributed by atoms with E-state index in [4.69, 9.17) is 22.9 Å². The number of hydrogen-bond acceptors (Lipinski definition) is 10. The van der Waals surface area contributed by atoms with Crippen LogP contribution in [0.1, 0.15) is 0 Å². The molecule has 0 aliphatic carbocycles. The fourth-order valence-corrected chi connectivity index (χ4v) is 0.597. The van der Waals surface area contributed by atoms with Crippen LogP contribution in [0.2, 0.25) is 0 Å². The van der Waals surface area contributed by atoms with Gasteiger partial charge in [-0.25, -0.2) is 0 Å². The van der Waals surface area contributed by atoms with E-state index in [-0.39, 0.29) is 23.8 Å². The summed E-state index contributed by atoms with van der Waals surface area (Å²) in [5.41, 5.74) is 20.4. The van der Waals surface area contributed by atoms with Gasteiger partial charge in [-0.2, -0.15) is 20.2 Å². The van der Waals surface area contributed by atoms with E-state index in [0.717, 1.165) is 0 Å². The smallest absolute Gasteiger partial charge is 0.260 e. The first-order chi connectivity index (χ1) is 7.08. The Morgan fingerprint density at radius 1 is 0.733 bits per heavy atom. The maximum Gasteiger partial charge on any atom is 0.260 e. The zero-order valence-electron chi connectivity index (χ0n) is 7.49. The number of H-pyrrole nitrogens is 1. The lowest BCUT2D eigenvalue weighted by molar-refractivity contribution is 0.881. The number of tetrazole rings is 1. The Hall–Kier alpha value is -2.72. The number of anilines is 4. The van der Waals surface area contributed by atoms with Gasteiger partial charge in [0.2, 0.25) is 17.8 Å². The first kappa shape index (κ1) is 10.4. The average molecular weight is 211 g/mol. The predicted octanol–water partition coefficient (Wildman–Crippen LogP) is -2.60. The van der Waals surface area contributed by atoms with Crippen LogP contribution in [-0.2, 0) is 0 Å². The molecule has 0 saturated carbocycles. The van der Waals surface area contributed by atoms with E-state index < -0.39 is 0 Å². The quantitative estimate of drug-likeness (QED) is 0.307. The first-order valence-corrected chi connectivity index (χ1v) is 3.59. The van der Waals surface area contributed by atoms with Crippen LogP contribution in [0.25, 0.3) is 0 Å². The molecule has 80 valence electrons. The van der Waals surface area contributed by atoms with Gasteiger partial charge in [-0.05, 0) is 5.21 Å². The van der Waals surface area contributed by atoms with Gasteiger partial charge in [-0.3, -0.25) is 0 Å². The summed E-state index contributed by atoms with van der Waals surface area (Å²) in [4.78, 5) is 10.5. The summed E-state index contributed by atoms with van der Waals surface area (Å²) >= 11 is 0. The van der Waals surface area contributed by atoms with E-state index in [1.165, 1.54) is 0 Å². The summed E-state index contributed by atoms with van der Waals surface area (Å²) < 4.78 is 0. The topological polar surface area (TPSA) is 197 Å². The maximum atomic E-state index is 5.14. The van der Waals surface area contributed by atoms with Crippen LogP contribution in [0, 0.1) is 0 Å². The van der Waals surface area contributed by atoms with Gasteiger partial charge in [0.05, 0.1) is 0 Å². The number of nitrogen functional groups attached to an aromatic ring is 4. The van der Waals surface area contributed by atoms with Crippen molar-refractivity contribution in [1.82, 2.24) is 35.6 Å². The van der Waals surface area contributed by atoms with E-state index in [1.54, 1.807) is 0 Å². The molecule has 2 rings (SSSR count). The molecule has 0 aromatic carbocycles. The van der Waals surface area contributed by atoms with Gasteiger partial charge in [0.1, 0.15) is 0 Å². The molecule has 0 atom stereocenters. The minimum absolute atomic E-state index is 0.0417. The number of rotatable bonds is 0. The molecule has 15 heavy (non-hydrogen) atoms. The number of nitrogens with one attached hydrogen (secondary N) is 1. The standard InChI is InChI=1S/C3H6N6.CH3N5/c4-1-7-2(5)9-3(6)8-1;2-1-3-5-6-4-1/h(H6,4,5,6,7,8,9);(H3,2,3,4,5,6). The van der Waals surface area contributed by atoms with Crippen LogP contribution in [0.15, 0.2) is 0 Å². The van der Waals surface area contributed by atoms with Gasteiger partial charge >= 0.3 is 0 Å². The monoisotopic (exact) mass is 211 g/mol. The third kappa shape index (κ3) is 3.67. The molecule has 2 aromatic heterocycles. The van der Waals surface area contributed by atoms with Crippen molar-refractivity contribution in [3.8, 4) is 0 Å². The minimum Gasteiger partial charge on any atom is -0.368 e. The lowest BCUT2D eigenvalue weighted by Crippen LogP contribution is -2.05. The van der Waals surface area contributed by atoms with Crippen LogP contribution in [-0.4, -0.2) is 35.6 Å². The molecule has 0 amide bonds. The van der Waals surface area contributed by atoms with Gasteiger partial charge in [0.25, 0.3) is 5.95 Å². The van der Waals surface area contributed by atoms with Crippen LogP contribution in [0.3, 0.4) is 0 Å². The Morgan fingerprint density at radius 2 is 1.20 bits per heavy atom. The highest BCUT2D eigenvalue weighted by Gasteiger charge is 1.93. The molecule has 0 spiro atoms. The lowest BCUT2D eigenvalue weighted by Gasteiger charge is -1.93. The predicted molar refractivity (Wildman–Crippen MR) is 51.7 cm³/mol. The Bertz CT molecular complexity index is 356. The molecule has 11 heteroatoms. The second-order valence-corrected chi connectivity index (χ2v) is 2.18. The SMILES string of the molecule is Nc1nc(N)nc(N)n1.Nc1nn[nH]n1. The highest BCUT2D eigenvalue weighted by atomic mass is 15.5. The largest absolute Gasteiger partial charge is 0.368 e. The van der Waals surface area contributed by atoms with E-state index >= 15 is 0 Å². The Balaban J connectivity index is 0.000000162. The second-order valence-electron chi connectivity index (χ2n) is 2.18. The van der Waals surface area contributed by atoms with Crippen LogP contribution >= 0.6 is 0 Å². The molecular formula is C4H9N11. The van der Waals surface area contributed by atoms with Crippen LogP contribution in [0.4, 0.5) is 23.8 Å². The van der Waals surface area contributed by atoms with E-state index in [9.17, 15) is 0 Å². The molecule has 0 unspecified atom stereocenters. The zero-order chi connectivity index (χ0) is 11.3. The van der Waals surface area contributed by atoms with Crippen LogP contribution in [0.5, 0.6) is 0 Å². The summed E-state index contributed by atoms with van der Waals surface area (Å²) in [5.74, 6) is 0.301. The fraction of sp³-hybridized carbons (Fsp3) is 0. The number of nitrogens with zero attached hydrogens (tertiary/aromatic N) is 6. The number of nitrogens with two attached hydrogens (primary N) is 4. The molecule has 9 N–H and O–H groups in total.